The molecular weight excluding hydrogens is 484 g/mol. The Morgan fingerprint density at radius 1 is 1.17 bits per heavy atom. The molecular formula is C21H29FIN5O. The van der Waals surface area contributed by atoms with Gasteiger partial charge in [-0.15, -0.1) is 24.0 Å². The van der Waals surface area contributed by atoms with Gasteiger partial charge in [-0.3, -0.25) is 0 Å². The second-order valence-electron chi connectivity index (χ2n) is 6.53. The molecule has 0 atom stereocenters. The van der Waals surface area contributed by atoms with Gasteiger partial charge in [0.15, 0.2) is 17.5 Å². The van der Waals surface area contributed by atoms with Crippen LogP contribution in [0.15, 0.2) is 47.6 Å². The predicted molar refractivity (Wildman–Crippen MR) is 126 cm³/mol. The molecule has 0 aliphatic carbocycles. The largest absolute Gasteiger partial charge is 0.491 e. The van der Waals surface area contributed by atoms with Gasteiger partial charge in [0.05, 0.1) is 13.2 Å². The maximum Gasteiger partial charge on any atom is 0.194 e. The third-order valence-electron chi connectivity index (χ3n) is 4.59. The van der Waals surface area contributed by atoms with Gasteiger partial charge >= 0.3 is 0 Å². The normalized spacial score (nSPS) is 14.4. The Hall–Kier alpha value is -2.10. The first-order valence-electron chi connectivity index (χ1n) is 9.81. The van der Waals surface area contributed by atoms with E-state index in [4.69, 9.17) is 9.73 Å². The summed E-state index contributed by atoms with van der Waals surface area (Å²) in [4.78, 5) is 13.7. The molecule has 1 N–H and O–H groups in total. The minimum atomic E-state index is -0.344. The van der Waals surface area contributed by atoms with Crippen molar-refractivity contribution in [2.75, 3.05) is 44.2 Å². The van der Waals surface area contributed by atoms with Gasteiger partial charge < -0.3 is 19.9 Å². The quantitative estimate of drug-likeness (QED) is 0.364. The van der Waals surface area contributed by atoms with Crippen LogP contribution in [0.3, 0.4) is 0 Å². The third kappa shape index (κ3) is 6.45. The molecule has 1 aromatic heterocycles. The van der Waals surface area contributed by atoms with Crippen molar-refractivity contribution < 1.29 is 9.13 Å². The molecule has 6 nitrogen and oxygen atoms in total. The Morgan fingerprint density at radius 3 is 2.59 bits per heavy atom. The molecule has 29 heavy (non-hydrogen) atoms. The fraction of sp³-hybridized carbons (Fsp3) is 0.429. The third-order valence-corrected chi connectivity index (χ3v) is 4.59. The number of rotatable bonds is 6. The lowest BCUT2D eigenvalue weighted by molar-refractivity contribution is 0.321. The Kier molecular flexibility index (Phi) is 9.43. The highest BCUT2D eigenvalue weighted by atomic mass is 127. The summed E-state index contributed by atoms with van der Waals surface area (Å²) in [7, 11) is 0. The molecule has 2 aromatic rings. The van der Waals surface area contributed by atoms with Crippen molar-refractivity contribution in [1.82, 2.24) is 15.2 Å². The number of hydrogen-bond acceptors (Lipinski definition) is 4. The van der Waals surface area contributed by atoms with Gasteiger partial charge in [-0.25, -0.2) is 14.4 Å². The molecule has 0 saturated carbocycles. The van der Waals surface area contributed by atoms with Crippen molar-refractivity contribution in [3.63, 3.8) is 0 Å². The second-order valence-corrected chi connectivity index (χ2v) is 6.53. The second kappa shape index (κ2) is 11.8. The molecule has 0 spiro atoms. The number of nitrogens with zero attached hydrogens (tertiary/aromatic N) is 4. The van der Waals surface area contributed by atoms with Crippen LogP contribution in [0.2, 0.25) is 0 Å². The van der Waals surface area contributed by atoms with Crippen molar-refractivity contribution in [2.45, 2.75) is 20.4 Å². The monoisotopic (exact) mass is 513 g/mol. The number of anilines is 1. The summed E-state index contributed by atoms with van der Waals surface area (Å²) in [5.41, 5.74) is 0.823. The summed E-state index contributed by atoms with van der Waals surface area (Å²) in [6, 6.07) is 11.0. The molecule has 158 valence electrons. The molecule has 1 aliphatic heterocycles. The fourth-order valence-electron chi connectivity index (χ4n) is 3.20. The zero-order chi connectivity index (χ0) is 19.8. The smallest absolute Gasteiger partial charge is 0.194 e. The zero-order valence-corrected chi connectivity index (χ0v) is 19.3. The van der Waals surface area contributed by atoms with E-state index in [1.165, 1.54) is 6.07 Å². The van der Waals surface area contributed by atoms with E-state index < -0.39 is 0 Å². The van der Waals surface area contributed by atoms with Gasteiger partial charge in [-0.1, -0.05) is 12.1 Å². The number of benzene rings is 1. The molecule has 1 saturated heterocycles. The van der Waals surface area contributed by atoms with Crippen LogP contribution in [-0.4, -0.2) is 55.2 Å². The summed E-state index contributed by atoms with van der Waals surface area (Å²) in [6.45, 7) is 9.05. The first kappa shape index (κ1) is 23.2. The molecule has 2 heterocycles. The predicted octanol–water partition coefficient (Wildman–Crippen LogP) is 3.53. The van der Waals surface area contributed by atoms with Crippen LogP contribution in [-0.2, 0) is 6.54 Å². The highest BCUT2D eigenvalue weighted by Crippen LogP contribution is 2.19. The number of aromatic nitrogens is 1. The van der Waals surface area contributed by atoms with Crippen molar-refractivity contribution in [3.8, 4) is 5.75 Å². The zero-order valence-electron chi connectivity index (χ0n) is 17.0. The number of guanidine groups is 1. The average Bonchev–Trinajstić information content (AvgIpc) is 2.74. The van der Waals surface area contributed by atoms with Gasteiger partial charge in [0.25, 0.3) is 0 Å². The Morgan fingerprint density at radius 2 is 1.97 bits per heavy atom. The van der Waals surface area contributed by atoms with Crippen LogP contribution in [0.1, 0.15) is 19.4 Å². The van der Waals surface area contributed by atoms with Crippen LogP contribution < -0.4 is 15.0 Å². The topological polar surface area (TPSA) is 53.0 Å². The van der Waals surface area contributed by atoms with Crippen molar-refractivity contribution in [2.24, 2.45) is 4.99 Å². The van der Waals surface area contributed by atoms with Crippen LogP contribution in [0.25, 0.3) is 0 Å². The Bertz CT molecular complexity index is 782. The Balaban J connectivity index is 0.00000300. The fourth-order valence-corrected chi connectivity index (χ4v) is 3.20. The molecule has 0 amide bonds. The van der Waals surface area contributed by atoms with Crippen molar-refractivity contribution in [3.05, 3.63) is 54.0 Å². The van der Waals surface area contributed by atoms with E-state index in [0.717, 1.165) is 50.1 Å². The van der Waals surface area contributed by atoms with Crippen LogP contribution >= 0.6 is 24.0 Å². The standard InChI is InChI=1S/C21H28FN5O.HI/c1-3-23-21(25-16-17-8-9-19(28-4-2)18(22)15-17)27-13-11-26(12-14-27)20-7-5-6-10-24-20;/h5-10,15H,3-4,11-14,16H2,1-2H3,(H,23,25);1H. The number of ether oxygens (including phenoxy) is 1. The maximum absolute atomic E-state index is 14.1. The summed E-state index contributed by atoms with van der Waals surface area (Å²) in [5, 5.41) is 3.35. The van der Waals surface area contributed by atoms with E-state index in [0.29, 0.717) is 13.2 Å². The minimum absolute atomic E-state index is 0. The first-order chi connectivity index (χ1) is 13.7. The van der Waals surface area contributed by atoms with E-state index in [2.05, 4.69) is 27.0 Å². The van der Waals surface area contributed by atoms with E-state index in [-0.39, 0.29) is 35.5 Å². The van der Waals surface area contributed by atoms with Crippen molar-refractivity contribution >= 4 is 35.8 Å². The van der Waals surface area contributed by atoms with Crippen molar-refractivity contribution in [1.29, 1.82) is 0 Å². The van der Waals surface area contributed by atoms with Gasteiger partial charge in [0, 0.05) is 38.9 Å². The average molecular weight is 513 g/mol. The van der Waals surface area contributed by atoms with Gasteiger partial charge in [0.1, 0.15) is 5.82 Å². The highest BCUT2D eigenvalue weighted by molar-refractivity contribution is 14.0. The van der Waals surface area contributed by atoms with E-state index in [1.54, 1.807) is 6.07 Å². The first-order valence-corrected chi connectivity index (χ1v) is 9.81. The van der Waals surface area contributed by atoms with E-state index in [9.17, 15) is 4.39 Å². The number of hydrogen-bond donors (Lipinski definition) is 1. The summed E-state index contributed by atoms with van der Waals surface area (Å²) < 4.78 is 19.3. The Labute approximate surface area is 189 Å². The van der Waals surface area contributed by atoms with Gasteiger partial charge in [-0.05, 0) is 43.7 Å². The number of nitrogens with one attached hydrogen (secondary N) is 1. The molecule has 0 radical (unpaired) electrons. The molecule has 1 fully saturated rings. The van der Waals surface area contributed by atoms with Crippen LogP contribution in [0, 0.1) is 5.82 Å². The van der Waals surface area contributed by atoms with Crippen LogP contribution in [0.4, 0.5) is 10.2 Å². The number of piperazine rings is 1. The maximum atomic E-state index is 14.1. The minimum Gasteiger partial charge on any atom is -0.491 e. The summed E-state index contributed by atoms with van der Waals surface area (Å²) in [6.07, 6.45) is 1.82. The molecule has 8 heteroatoms. The SMILES string of the molecule is CCNC(=NCc1ccc(OCC)c(F)c1)N1CCN(c2ccccn2)CC1.I. The lowest BCUT2D eigenvalue weighted by Crippen LogP contribution is -2.52. The number of halogens is 2. The molecule has 1 aliphatic rings. The molecule has 1 aromatic carbocycles. The lowest BCUT2D eigenvalue weighted by Gasteiger charge is -2.37. The lowest BCUT2D eigenvalue weighted by atomic mass is 10.2. The number of aliphatic imine (C=N–C) groups is 1. The highest BCUT2D eigenvalue weighted by Gasteiger charge is 2.20. The van der Waals surface area contributed by atoms with Gasteiger partial charge in [-0.2, -0.15) is 0 Å². The van der Waals surface area contributed by atoms with Crippen LogP contribution in [0.5, 0.6) is 5.75 Å². The summed E-state index contributed by atoms with van der Waals surface area (Å²) >= 11 is 0. The molecule has 0 unspecified atom stereocenters. The summed E-state index contributed by atoms with van der Waals surface area (Å²) in [5.74, 6) is 1.81. The van der Waals surface area contributed by atoms with E-state index in [1.807, 2.05) is 37.4 Å². The molecule has 0 bridgehead atoms. The molecule has 3 rings (SSSR count). The number of pyridine rings is 1. The van der Waals surface area contributed by atoms with E-state index >= 15 is 0 Å². The van der Waals surface area contributed by atoms with Gasteiger partial charge in [0.2, 0.25) is 0 Å².